The lowest BCUT2D eigenvalue weighted by Crippen LogP contribution is -2.12. The largest absolute Gasteiger partial charge is 0.508 e. The van der Waals surface area contributed by atoms with Gasteiger partial charge >= 0.3 is 0 Å². The average Bonchev–Trinajstić information content (AvgIpc) is 2.22. The molecule has 3 heteroatoms. The SMILES string of the molecule is CN(O)Cc1c(O)ccc2ccccc12. The predicted octanol–water partition coefficient (Wildman–Crippen LogP) is 2.37. The number of hydroxylamine groups is 2. The zero-order valence-electron chi connectivity index (χ0n) is 8.51. The second kappa shape index (κ2) is 3.88. The molecule has 0 spiro atoms. The summed E-state index contributed by atoms with van der Waals surface area (Å²) in [5, 5.41) is 22.0. The molecule has 0 unspecified atom stereocenters. The van der Waals surface area contributed by atoms with Crippen molar-refractivity contribution >= 4 is 10.8 Å². The molecule has 0 radical (unpaired) electrons. The topological polar surface area (TPSA) is 43.7 Å². The van der Waals surface area contributed by atoms with Crippen molar-refractivity contribution in [2.24, 2.45) is 0 Å². The minimum Gasteiger partial charge on any atom is -0.508 e. The molecule has 0 aliphatic heterocycles. The first-order valence-electron chi connectivity index (χ1n) is 4.78. The van der Waals surface area contributed by atoms with Gasteiger partial charge < -0.3 is 10.3 Å². The van der Waals surface area contributed by atoms with Crippen molar-refractivity contribution in [2.45, 2.75) is 6.54 Å². The van der Waals surface area contributed by atoms with Gasteiger partial charge in [0.25, 0.3) is 0 Å². The van der Waals surface area contributed by atoms with Gasteiger partial charge in [0.2, 0.25) is 0 Å². The highest BCUT2D eigenvalue weighted by Crippen LogP contribution is 2.27. The molecule has 2 aromatic carbocycles. The molecule has 2 aromatic rings. The third-order valence-electron chi connectivity index (χ3n) is 2.40. The minimum absolute atomic E-state index is 0.217. The van der Waals surface area contributed by atoms with Gasteiger partial charge in [-0.25, -0.2) is 0 Å². The minimum atomic E-state index is 0.217. The Hall–Kier alpha value is -1.58. The standard InChI is InChI=1S/C12H13NO2/c1-13(15)8-11-10-5-3-2-4-9(10)6-7-12(11)14/h2-7,14-15H,8H2,1H3. The van der Waals surface area contributed by atoms with Crippen LogP contribution in [-0.2, 0) is 6.54 Å². The number of hydrogen-bond donors (Lipinski definition) is 2. The summed E-state index contributed by atoms with van der Waals surface area (Å²) >= 11 is 0. The molecule has 0 bridgehead atoms. The first-order valence-corrected chi connectivity index (χ1v) is 4.78. The summed E-state index contributed by atoms with van der Waals surface area (Å²) in [6.45, 7) is 0.313. The van der Waals surface area contributed by atoms with Crippen LogP contribution < -0.4 is 0 Å². The number of aromatic hydroxyl groups is 1. The van der Waals surface area contributed by atoms with Gasteiger partial charge in [-0.05, 0) is 16.8 Å². The Morgan fingerprint density at radius 3 is 2.60 bits per heavy atom. The molecule has 0 fully saturated rings. The second-order valence-corrected chi connectivity index (χ2v) is 3.60. The molecule has 0 saturated carbocycles. The fraction of sp³-hybridized carbons (Fsp3) is 0.167. The van der Waals surface area contributed by atoms with E-state index < -0.39 is 0 Å². The maximum Gasteiger partial charge on any atom is 0.120 e. The van der Waals surface area contributed by atoms with Crippen LogP contribution in [0.25, 0.3) is 10.8 Å². The van der Waals surface area contributed by atoms with Crippen molar-refractivity contribution in [1.29, 1.82) is 0 Å². The van der Waals surface area contributed by atoms with Crippen LogP contribution in [0.1, 0.15) is 5.56 Å². The van der Waals surface area contributed by atoms with Crippen molar-refractivity contribution in [3.8, 4) is 5.75 Å². The molecule has 78 valence electrons. The molecule has 15 heavy (non-hydrogen) atoms. The second-order valence-electron chi connectivity index (χ2n) is 3.60. The Labute approximate surface area is 88.1 Å². The smallest absolute Gasteiger partial charge is 0.120 e. The maximum atomic E-state index is 9.72. The molecule has 0 heterocycles. The van der Waals surface area contributed by atoms with Gasteiger partial charge in [0.05, 0.1) is 6.54 Å². The average molecular weight is 203 g/mol. The first-order chi connectivity index (χ1) is 7.18. The predicted molar refractivity (Wildman–Crippen MR) is 58.9 cm³/mol. The van der Waals surface area contributed by atoms with E-state index in [0.29, 0.717) is 6.54 Å². The number of hydrogen-bond acceptors (Lipinski definition) is 3. The molecule has 0 aromatic heterocycles. The van der Waals surface area contributed by atoms with E-state index in [2.05, 4.69) is 0 Å². The third kappa shape index (κ3) is 1.93. The van der Waals surface area contributed by atoms with Crippen LogP contribution in [0.2, 0.25) is 0 Å². The van der Waals surface area contributed by atoms with Crippen molar-refractivity contribution in [2.75, 3.05) is 7.05 Å². The molecular weight excluding hydrogens is 190 g/mol. The Balaban J connectivity index is 2.63. The lowest BCUT2D eigenvalue weighted by molar-refractivity contribution is -0.0732. The van der Waals surface area contributed by atoms with E-state index in [9.17, 15) is 10.3 Å². The summed E-state index contributed by atoms with van der Waals surface area (Å²) in [5.41, 5.74) is 0.748. The summed E-state index contributed by atoms with van der Waals surface area (Å²) in [6.07, 6.45) is 0. The summed E-state index contributed by atoms with van der Waals surface area (Å²) < 4.78 is 0. The van der Waals surface area contributed by atoms with Crippen molar-refractivity contribution < 1.29 is 10.3 Å². The maximum absolute atomic E-state index is 9.72. The summed E-state index contributed by atoms with van der Waals surface area (Å²) in [5.74, 6) is 0.217. The molecule has 0 aliphatic carbocycles. The van der Waals surface area contributed by atoms with Gasteiger partial charge in [0, 0.05) is 12.6 Å². The van der Waals surface area contributed by atoms with Crippen molar-refractivity contribution in [3.05, 3.63) is 42.0 Å². The van der Waals surface area contributed by atoms with Gasteiger partial charge in [-0.1, -0.05) is 30.3 Å². The van der Waals surface area contributed by atoms with E-state index in [1.807, 2.05) is 30.3 Å². The fourth-order valence-corrected chi connectivity index (χ4v) is 1.72. The van der Waals surface area contributed by atoms with E-state index in [1.54, 1.807) is 13.1 Å². The lowest BCUT2D eigenvalue weighted by Gasteiger charge is -2.12. The Morgan fingerprint density at radius 2 is 1.87 bits per heavy atom. The molecule has 2 N–H and O–H groups in total. The normalized spacial score (nSPS) is 11.1. The van der Waals surface area contributed by atoms with Crippen molar-refractivity contribution in [1.82, 2.24) is 5.06 Å². The highest BCUT2D eigenvalue weighted by atomic mass is 16.5. The van der Waals surface area contributed by atoms with E-state index in [1.165, 1.54) is 0 Å². The Morgan fingerprint density at radius 1 is 1.13 bits per heavy atom. The summed E-state index contributed by atoms with van der Waals surface area (Å²) in [6, 6.07) is 11.3. The van der Waals surface area contributed by atoms with Gasteiger partial charge in [0.15, 0.2) is 0 Å². The summed E-state index contributed by atoms with van der Waals surface area (Å²) in [7, 11) is 1.56. The summed E-state index contributed by atoms with van der Waals surface area (Å²) in [4.78, 5) is 0. The highest BCUT2D eigenvalue weighted by molar-refractivity contribution is 5.87. The zero-order valence-corrected chi connectivity index (χ0v) is 8.51. The molecule has 0 atom stereocenters. The number of phenols is 1. The van der Waals surface area contributed by atoms with Crippen LogP contribution in [-0.4, -0.2) is 22.4 Å². The Kier molecular flexibility index (Phi) is 2.58. The number of rotatable bonds is 2. The van der Waals surface area contributed by atoms with E-state index in [4.69, 9.17) is 0 Å². The monoisotopic (exact) mass is 203 g/mol. The molecule has 3 nitrogen and oxygen atoms in total. The molecule has 0 amide bonds. The quantitative estimate of drug-likeness (QED) is 0.736. The highest BCUT2D eigenvalue weighted by Gasteiger charge is 2.07. The van der Waals surface area contributed by atoms with Crippen LogP contribution in [0.3, 0.4) is 0 Å². The number of nitrogens with zero attached hydrogens (tertiary/aromatic N) is 1. The van der Waals surface area contributed by atoms with E-state index in [-0.39, 0.29) is 5.75 Å². The number of fused-ring (bicyclic) bond motifs is 1. The first kappa shape index (κ1) is 9.96. The zero-order chi connectivity index (χ0) is 10.8. The third-order valence-corrected chi connectivity index (χ3v) is 2.40. The molecule has 2 rings (SSSR count). The van der Waals surface area contributed by atoms with Crippen molar-refractivity contribution in [3.63, 3.8) is 0 Å². The molecular formula is C12H13NO2. The van der Waals surface area contributed by atoms with E-state index in [0.717, 1.165) is 21.4 Å². The molecule has 0 saturated heterocycles. The van der Waals surface area contributed by atoms with Crippen LogP contribution in [0.5, 0.6) is 5.75 Å². The number of benzene rings is 2. The molecule has 0 aliphatic rings. The van der Waals surface area contributed by atoms with Crippen LogP contribution in [0.15, 0.2) is 36.4 Å². The van der Waals surface area contributed by atoms with Gasteiger partial charge in [-0.15, -0.1) is 0 Å². The number of phenolic OH excluding ortho intramolecular Hbond substituents is 1. The van der Waals surface area contributed by atoms with Crippen LogP contribution in [0.4, 0.5) is 0 Å². The van der Waals surface area contributed by atoms with Gasteiger partial charge in [-0.3, -0.25) is 0 Å². The van der Waals surface area contributed by atoms with Gasteiger partial charge in [0.1, 0.15) is 5.75 Å². The Bertz CT molecular complexity index is 480. The fourth-order valence-electron chi connectivity index (χ4n) is 1.72. The van der Waals surface area contributed by atoms with E-state index >= 15 is 0 Å². The lowest BCUT2D eigenvalue weighted by atomic mass is 10.0. The van der Waals surface area contributed by atoms with Crippen LogP contribution in [0, 0.1) is 0 Å². The van der Waals surface area contributed by atoms with Gasteiger partial charge in [-0.2, -0.15) is 5.06 Å². The van der Waals surface area contributed by atoms with Crippen LogP contribution >= 0.6 is 0 Å².